The number of amides is 1. The second-order valence-corrected chi connectivity index (χ2v) is 4.79. The molecule has 0 atom stereocenters. The Labute approximate surface area is 113 Å². The zero-order chi connectivity index (χ0) is 13.7. The molecular formula is C15H19NO3. The number of aliphatic hydroxyl groups is 1. The lowest BCUT2D eigenvalue weighted by atomic mass is 9.81. The molecule has 0 unspecified atom stereocenters. The minimum Gasteiger partial charge on any atom is -0.489 e. The molecule has 0 aliphatic heterocycles. The molecule has 2 N–H and O–H groups in total. The van der Waals surface area contributed by atoms with Crippen molar-refractivity contribution in [1.29, 1.82) is 0 Å². The maximum atomic E-state index is 12.1. The predicted octanol–water partition coefficient (Wildman–Crippen LogP) is 1.75. The van der Waals surface area contributed by atoms with E-state index in [9.17, 15) is 4.79 Å². The summed E-state index contributed by atoms with van der Waals surface area (Å²) >= 11 is 0. The molecule has 0 aromatic heterocycles. The summed E-state index contributed by atoms with van der Waals surface area (Å²) in [6, 6.07) is 7.33. The molecule has 1 aliphatic carbocycles. The number of benzene rings is 1. The molecule has 1 aromatic rings. The summed E-state index contributed by atoms with van der Waals surface area (Å²) in [6.07, 6.45) is 3.34. The molecule has 1 saturated carbocycles. The van der Waals surface area contributed by atoms with Crippen molar-refractivity contribution in [3.05, 3.63) is 42.5 Å². The normalized spacial score (nSPS) is 21.3. The maximum Gasteiger partial charge on any atom is 0.255 e. The average Bonchev–Trinajstić information content (AvgIpc) is 2.40. The van der Waals surface area contributed by atoms with Gasteiger partial charge in [-0.15, -0.1) is 0 Å². The van der Waals surface area contributed by atoms with Gasteiger partial charge in [-0.2, -0.15) is 0 Å². The van der Waals surface area contributed by atoms with E-state index in [0.717, 1.165) is 12.8 Å². The van der Waals surface area contributed by atoms with Crippen LogP contribution >= 0.6 is 0 Å². The molecule has 1 amide bonds. The van der Waals surface area contributed by atoms with E-state index in [-0.39, 0.29) is 18.6 Å². The van der Waals surface area contributed by atoms with Crippen molar-refractivity contribution in [3.8, 4) is 5.75 Å². The van der Waals surface area contributed by atoms with Gasteiger partial charge in [-0.1, -0.05) is 24.8 Å². The van der Waals surface area contributed by atoms with Crippen molar-refractivity contribution in [2.45, 2.75) is 18.9 Å². The highest BCUT2D eigenvalue weighted by Crippen LogP contribution is 2.27. The lowest BCUT2D eigenvalue weighted by Gasteiger charge is -2.34. The molecule has 0 saturated heterocycles. The summed E-state index contributed by atoms with van der Waals surface area (Å²) < 4.78 is 5.46. The van der Waals surface area contributed by atoms with Gasteiger partial charge in [0.05, 0.1) is 5.56 Å². The summed E-state index contributed by atoms with van der Waals surface area (Å²) in [4.78, 5) is 12.1. The number of para-hydroxylation sites is 1. The highest BCUT2D eigenvalue weighted by Gasteiger charge is 2.30. The third-order valence-corrected chi connectivity index (χ3v) is 3.32. The van der Waals surface area contributed by atoms with Crippen LogP contribution in [0.25, 0.3) is 0 Å². The molecule has 1 aliphatic rings. The van der Waals surface area contributed by atoms with Crippen LogP contribution < -0.4 is 10.1 Å². The zero-order valence-corrected chi connectivity index (χ0v) is 10.8. The highest BCUT2D eigenvalue weighted by atomic mass is 16.5. The number of ether oxygens (including phenoxy) is 1. The number of hydrogen-bond acceptors (Lipinski definition) is 3. The van der Waals surface area contributed by atoms with Gasteiger partial charge in [-0.05, 0) is 30.9 Å². The number of carbonyl (C=O) groups is 1. The number of hydrogen-bond donors (Lipinski definition) is 2. The largest absolute Gasteiger partial charge is 0.489 e. The fraction of sp³-hybridized carbons (Fsp3) is 0.400. The van der Waals surface area contributed by atoms with Gasteiger partial charge in [0.2, 0.25) is 0 Å². The fourth-order valence-corrected chi connectivity index (χ4v) is 2.19. The number of rotatable bonds is 6. The standard InChI is InChI=1S/C15H19NO3/c1-2-7-19-14-6-4-3-5-13(14)15(18)16-12-8-11(9-12)10-17/h2-6,11-12,17H,1,7-10H2,(H,16,18). The molecule has 102 valence electrons. The van der Waals surface area contributed by atoms with Crippen molar-refractivity contribution < 1.29 is 14.6 Å². The maximum absolute atomic E-state index is 12.1. The minimum atomic E-state index is -0.124. The number of nitrogens with one attached hydrogen (secondary N) is 1. The van der Waals surface area contributed by atoms with Gasteiger partial charge < -0.3 is 15.2 Å². The SMILES string of the molecule is C=CCOc1ccccc1C(=O)NC1CC(CO)C1. The number of carbonyl (C=O) groups excluding carboxylic acids is 1. The van der Waals surface area contributed by atoms with Gasteiger partial charge in [-0.3, -0.25) is 4.79 Å². The van der Waals surface area contributed by atoms with E-state index < -0.39 is 0 Å². The second kappa shape index (κ2) is 6.38. The van der Waals surface area contributed by atoms with Crippen LogP contribution in [0, 0.1) is 5.92 Å². The summed E-state index contributed by atoms with van der Waals surface area (Å²) in [5, 5.41) is 11.9. The molecule has 2 rings (SSSR count). The first-order valence-electron chi connectivity index (χ1n) is 6.49. The van der Waals surface area contributed by atoms with Gasteiger partial charge in [0.1, 0.15) is 12.4 Å². The average molecular weight is 261 g/mol. The molecule has 19 heavy (non-hydrogen) atoms. The van der Waals surface area contributed by atoms with Crippen molar-refractivity contribution in [2.24, 2.45) is 5.92 Å². The van der Waals surface area contributed by atoms with E-state index in [1.807, 2.05) is 12.1 Å². The monoisotopic (exact) mass is 261 g/mol. The first-order chi connectivity index (χ1) is 9.24. The molecular weight excluding hydrogens is 242 g/mol. The Morgan fingerprint density at radius 1 is 1.47 bits per heavy atom. The Morgan fingerprint density at radius 3 is 2.89 bits per heavy atom. The lowest BCUT2D eigenvalue weighted by molar-refractivity contribution is 0.0829. The highest BCUT2D eigenvalue weighted by molar-refractivity contribution is 5.97. The molecule has 0 heterocycles. The molecule has 0 radical (unpaired) electrons. The Kier molecular flexibility index (Phi) is 4.58. The van der Waals surface area contributed by atoms with Gasteiger partial charge in [-0.25, -0.2) is 0 Å². The van der Waals surface area contributed by atoms with Crippen LogP contribution in [0.1, 0.15) is 23.2 Å². The van der Waals surface area contributed by atoms with E-state index in [4.69, 9.17) is 9.84 Å². The molecule has 4 heteroatoms. The van der Waals surface area contributed by atoms with E-state index in [2.05, 4.69) is 11.9 Å². The van der Waals surface area contributed by atoms with Crippen molar-refractivity contribution >= 4 is 5.91 Å². The second-order valence-electron chi connectivity index (χ2n) is 4.79. The van der Waals surface area contributed by atoms with E-state index in [1.54, 1.807) is 18.2 Å². The zero-order valence-electron chi connectivity index (χ0n) is 10.8. The van der Waals surface area contributed by atoms with Crippen LogP contribution in [-0.2, 0) is 0 Å². The van der Waals surface area contributed by atoms with Crippen molar-refractivity contribution in [1.82, 2.24) is 5.32 Å². The van der Waals surface area contributed by atoms with Crippen molar-refractivity contribution in [3.63, 3.8) is 0 Å². The Bertz CT molecular complexity index is 452. The quantitative estimate of drug-likeness (QED) is 0.767. The molecule has 4 nitrogen and oxygen atoms in total. The van der Waals surface area contributed by atoms with Crippen LogP contribution in [0.3, 0.4) is 0 Å². The van der Waals surface area contributed by atoms with Gasteiger partial charge >= 0.3 is 0 Å². The van der Waals surface area contributed by atoms with Crippen LogP contribution in [-0.4, -0.2) is 30.3 Å². The number of aliphatic hydroxyl groups excluding tert-OH is 1. The predicted molar refractivity (Wildman–Crippen MR) is 73.2 cm³/mol. The Morgan fingerprint density at radius 2 is 2.21 bits per heavy atom. The third-order valence-electron chi connectivity index (χ3n) is 3.32. The van der Waals surface area contributed by atoms with Gasteiger partial charge in [0.25, 0.3) is 5.91 Å². The molecule has 1 aromatic carbocycles. The van der Waals surface area contributed by atoms with Crippen LogP contribution in [0.4, 0.5) is 0 Å². The van der Waals surface area contributed by atoms with Crippen LogP contribution in [0.15, 0.2) is 36.9 Å². The topological polar surface area (TPSA) is 58.6 Å². The van der Waals surface area contributed by atoms with E-state index in [1.165, 1.54) is 0 Å². The first kappa shape index (κ1) is 13.6. The lowest BCUT2D eigenvalue weighted by Crippen LogP contribution is -2.45. The van der Waals surface area contributed by atoms with Crippen molar-refractivity contribution in [2.75, 3.05) is 13.2 Å². The first-order valence-corrected chi connectivity index (χ1v) is 6.49. The van der Waals surface area contributed by atoms with Crippen LogP contribution in [0.2, 0.25) is 0 Å². The third kappa shape index (κ3) is 3.35. The smallest absolute Gasteiger partial charge is 0.255 e. The Balaban J connectivity index is 1.96. The Hall–Kier alpha value is -1.81. The molecule has 0 spiro atoms. The van der Waals surface area contributed by atoms with Gasteiger partial charge in [0, 0.05) is 12.6 Å². The molecule has 0 bridgehead atoms. The minimum absolute atomic E-state index is 0.124. The van der Waals surface area contributed by atoms with Gasteiger partial charge in [0.15, 0.2) is 0 Å². The molecule has 1 fully saturated rings. The van der Waals surface area contributed by atoms with E-state index >= 15 is 0 Å². The fourth-order valence-electron chi connectivity index (χ4n) is 2.19. The summed E-state index contributed by atoms with van der Waals surface area (Å²) in [5.74, 6) is 0.775. The summed E-state index contributed by atoms with van der Waals surface area (Å²) in [6.45, 7) is 4.16. The van der Waals surface area contributed by atoms with E-state index in [0.29, 0.717) is 23.8 Å². The summed E-state index contributed by atoms with van der Waals surface area (Å²) in [7, 11) is 0. The summed E-state index contributed by atoms with van der Waals surface area (Å²) in [5.41, 5.74) is 0.539. The van der Waals surface area contributed by atoms with Crippen LogP contribution in [0.5, 0.6) is 5.75 Å².